The minimum atomic E-state index is -1.62. The van der Waals surface area contributed by atoms with Gasteiger partial charge in [0, 0.05) is 18.6 Å². The van der Waals surface area contributed by atoms with E-state index in [0.717, 1.165) is 5.56 Å². The van der Waals surface area contributed by atoms with E-state index in [-0.39, 0.29) is 5.69 Å². The van der Waals surface area contributed by atoms with Crippen LogP contribution in [0.2, 0.25) is 0 Å². The van der Waals surface area contributed by atoms with Crippen molar-refractivity contribution in [3.63, 3.8) is 0 Å². The molecule has 0 aliphatic heterocycles. The van der Waals surface area contributed by atoms with E-state index in [9.17, 15) is 14.4 Å². The van der Waals surface area contributed by atoms with Crippen LogP contribution < -0.4 is 0 Å². The van der Waals surface area contributed by atoms with Gasteiger partial charge >= 0.3 is 5.97 Å². The Morgan fingerprint density at radius 1 is 1.15 bits per heavy atom. The molecule has 7 heteroatoms. The van der Waals surface area contributed by atoms with Gasteiger partial charge in [0.05, 0.1) is 13.0 Å². The summed E-state index contributed by atoms with van der Waals surface area (Å²) >= 11 is 0. The SMILES string of the molecule is O=C(O)C(=O)CC(=O)c1ccn(Cc2ccncc2)n1. The predicted molar refractivity (Wildman–Crippen MR) is 67.2 cm³/mol. The number of ketones is 2. The van der Waals surface area contributed by atoms with Gasteiger partial charge in [-0.05, 0) is 23.8 Å². The lowest BCUT2D eigenvalue weighted by Gasteiger charge is -2.00. The van der Waals surface area contributed by atoms with E-state index in [0.29, 0.717) is 6.54 Å². The molecule has 102 valence electrons. The second-order valence-corrected chi connectivity index (χ2v) is 4.08. The van der Waals surface area contributed by atoms with Crippen LogP contribution in [0, 0.1) is 0 Å². The molecule has 0 radical (unpaired) electrons. The summed E-state index contributed by atoms with van der Waals surface area (Å²) in [4.78, 5) is 36.9. The summed E-state index contributed by atoms with van der Waals surface area (Å²) in [6, 6.07) is 5.09. The van der Waals surface area contributed by atoms with Crippen LogP contribution in [0.3, 0.4) is 0 Å². The van der Waals surface area contributed by atoms with Crippen molar-refractivity contribution in [2.45, 2.75) is 13.0 Å². The highest BCUT2D eigenvalue weighted by Gasteiger charge is 2.19. The Hall–Kier alpha value is -2.83. The summed E-state index contributed by atoms with van der Waals surface area (Å²) in [5.74, 6) is -3.36. The van der Waals surface area contributed by atoms with Crippen LogP contribution in [0.4, 0.5) is 0 Å². The number of carbonyl (C=O) groups is 3. The minimum Gasteiger partial charge on any atom is -0.475 e. The van der Waals surface area contributed by atoms with Crippen LogP contribution in [0.5, 0.6) is 0 Å². The van der Waals surface area contributed by atoms with E-state index in [1.54, 1.807) is 18.6 Å². The average molecular weight is 273 g/mol. The fourth-order valence-electron chi connectivity index (χ4n) is 1.59. The largest absolute Gasteiger partial charge is 0.475 e. The predicted octanol–water partition coefficient (Wildman–Crippen LogP) is 0.553. The normalized spacial score (nSPS) is 10.2. The lowest BCUT2D eigenvalue weighted by Crippen LogP contribution is -2.17. The van der Waals surface area contributed by atoms with E-state index in [1.165, 1.54) is 10.7 Å². The second-order valence-electron chi connectivity index (χ2n) is 4.08. The molecule has 2 aromatic rings. The highest BCUT2D eigenvalue weighted by molar-refractivity contribution is 6.37. The molecular weight excluding hydrogens is 262 g/mol. The smallest absolute Gasteiger partial charge is 0.372 e. The van der Waals surface area contributed by atoms with Crippen molar-refractivity contribution in [1.82, 2.24) is 14.8 Å². The lowest BCUT2D eigenvalue weighted by molar-refractivity contribution is -0.148. The molecule has 0 bridgehead atoms. The highest BCUT2D eigenvalue weighted by atomic mass is 16.4. The van der Waals surface area contributed by atoms with Gasteiger partial charge in [-0.25, -0.2) is 4.79 Å². The molecule has 2 aromatic heterocycles. The number of carboxylic acid groups (broad SMARTS) is 1. The molecule has 20 heavy (non-hydrogen) atoms. The van der Waals surface area contributed by atoms with Gasteiger partial charge in [0.2, 0.25) is 5.78 Å². The Morgan fingerprint density at radius 2 is 1.85 bits per heavy atom. The summed E-state index contributed by atoms with van der Waals surface area (Å²) < 4.78 is 1.54. The van der Waals surface area contributed by atoms with Gasteiger partial charge in [0.15, 0.2) is 5.78 Å². The van der Waals surface area contributed by atoms with Gasteiger partial charge in [-0.2, -0.15) is 5.10 Å². The summed E-state index contributed by atoms with van der Waals surface area (Å²) in [5, 5.41) is 12.5. The Morgan fingerprint density at radius 3 is 2.50 bits per heavy atom. The number of carboxylic acids is 1. The summed E-state index contributed by atoms with van der Waals surface area (Å²) in [7, 11) is 0. The number of hydrogen-bond donors (Lipinski definition) is 1. The Balaban J connectivity index is 2.04. The topological polar surface area (TPSA) is 102 Å². The zero-order valence-corrected chi connectivity index (χ0v) is 10.4. The third-order valence-electron chi connectivity index (χ3n) is 2.58. The molecule has 0 fully saturated rings. The van der Waals surface area contributed by atoms with E-state index < -0.39 is 24.0 Å². The number of carbonyl (C=O) groups excluding carboxylic acids is 2. The number of nitrogens with zero attached hydrogens (tertiary/aromatic N) is 3. The van der Waals surface area contributed by atoms with E-state index in [4.69, 9.17) is 5.11 Å². The summed E-state index contributed by atoms with van der Waals surface area (Å²) in [5.41, 5.74) is 1.04. The van der Waals surface area contributed by atoms with Gasteiger partial charge in [0.25, 0.3) is 0 Å². The van der Waals surface area contributed by atoms with Gasteiger partial charge in [-0.3, -0.25) is 19.3 Å². The molecule has 0 aliphatic carbocycles. The molecule has 0 amide bonds. The second kappa shape index (κ2) is 5.87. The first-order valence-electron chi connectivity index (χ1n) is 5.78. The molecule has 0 spiro atoms. The molecule has 0 aliphatic rings. The van der Waals surface area contributed by atoms with Gasteiger partial charge < -0.3 is 5.11 Å². The van der Waals surface area contributed by atoms with Crippen molar-refractivity contribution >= 4 is 17.5 Å². The molecule has 0 saturated heterocycles. The summed E-state index contributed by atoms with van der Waals surface area (Å²) in [6.07, 6.45) is 4.22. The quantitative estimate of drug-likeness (QED) is 0.468. The molecule has 0 aromatic carbocycles. The lowest BCUT2D eigenvalue weighted by atomic mass is 10.1. The molecule has 0 atom stereocenters. The molecule has 0 saturated carbocycles. The number of pyridine rings is 1. The average Bonchev–Trinajstić information content (AvgIpc) is 2.88. The Bertz CT molecular complexity index is 649. The van der Waals surface area contributed by atoms with E-state index in [1.807, 2.05) is 12.1 Å². The maximum absolute atomic E-state index is 11.7. The standard InChI is InChI=1S/C13H11N3O4/c17-11(7-12(18)13(19)20)10-3-6-16(15-10)8-9-1-4-14-5-2-9/h1-6H,7-8H2,(H,19,20). The molecule has 0 unspecified atom stereocenters. The first-order valence-corrected chi connectivity index (χ1v) is 5.78. The third kappa shape index (κ3) is 3.35. The van der Waals surface area contributed by atoms with Crippen LogP contribution in [0.15, 0.2) is 36.8 Å². The van der Waals surface area contributed by atoms with Crippen molar-refractivity contribution in [2.24, 2.45) is 0 Å². The zero-order valence-electron chi connectivity index (χ0n) is 10.4. The van der Waals surface area contributed by atoms with Gasteiger partial charge in [-0.15, -0.1) is 0 Å². The van der Waals surface area contributed by atoms with Crippen molar-refractivity contribution in [3.05, 3.63) is 48.0 Å². The van der Waals surface area contributed by atoms with Gasteiger partial charge in [0.1, 0.15) is 5.69 Å². The molecule has 2 rings (SSSR count). The zero-order chi connectivity index (χ0) is 14.5. The van der Waals surface area contributed by atoms with Crippen molar-refractivity contribution in [1.29, 1.82) is 0 Å². The maximum Gasteiger partial charge on any atom is 0.372 e. The van der Waals surface area contributed by atoms with Crippen LogP contribution in [0.1, 0.15) is 22.5 Å². The first kappa shape index (κ1) is 13.6. The van der Waals surface area contributed by atoms with Crippen LogP contribution >= 0.6 is 0 Å². The fraction of sp³-hybridized carbons (Fsp3) is 0.154. The maximum atomic E-state index is 11.7. The molecular formula is C13H11N3O4. The fourth-order valence-corrected chi connectivity index (χ4v) is 1.59. The van der Waals surface area contributed by atoms with Crippen molar-refractivity contribution in [2.75, 3.05) is 0 Å². The molecule has 2 heterocycles. The third-order valence-corrected chi connectivity index (χ3v) is 2.58. The molecule has 7 nitrogen and oxygen atoms in total. The Kier molecular flexibility index (Phi) is 3.99. The minimum absolute atomic E-state index is 0.0775. The highest BCUT2D eigenvalue weighted by Crippen LogP contribution is 2.04. The van der Waals surface area contributed by atoms with Crippen LogP contribution in [0.25, 0.3) is 0 Å². The summed E-state index contributed by atoms with van der Waals surface area (Å²) in [6.45, 7) is 0.461. The van der Waals surface area contributed by atoms with Gasteiger partial charge in [-0.1, -0.05) is 0 Å². The number of rotatable bonds is 6. The number of aromatic nitrogens is 3. The first-order chi connectivity index (χ1) is 9.56. The van der Waals surface area contributed by atoms with Crippen LogP contribution in [-0.4, -0.2) is 37.4 Å². The van der Waals surface area contributed by atoms with Crippen LogP contribution in [-0.2, 0) is 16.1 Å². The molecule has 1 N–H and O–H groups in total. The van der Waals surface area contributed by atoms with Crippen molar-refractivity contribution < 1.29 is 19.5 Å². The number of aliphatic carboxylic acids is 1. The number of hydrogen-bond acceptors (Lipinski definition) is 5. The number of Topliss-reactive ketones (excluding diaryl/α,β-unsaturated/α-hetero) is 2. The van der Waals surface area contributed by atoms with E-state index in [2.05, 4.69) is 10.1 Å². The monoisotopic (exact) mass is 273 g/mol. The Labute approximate surface area is 113 Å². The van der Waals surface area contributed by atoms with E-state index >= 15 is 0 Å². The van der Waals surface area contributed by atoms with Crippen molar-refractivity contribution in [3.8, 4) is 0 Å².